The summed E-state index contributed by atoms with van der Waals surface area (Å²) in [5.41, 5.74) is 2.79. The first-order valence-corrected chi connectivity index (χ1v) is 9.93. The van der Waals surface area contributed by atoms with E-state index in [1.54, 1.807) is 0 Å². The average Bonchev–Trinajstić information content (AvgIpc) is 2.75. The van der Waals surface area contributed by atoms with Crippen LogP contribution in [0.25, 0.3) is 10.9 Å². The van der Waals surface area contributed by atoms with Crippen molar-refractivity contribution in [2.45, 2.75) is 6.92 Å². The summed E-state index contributed by atoms with van der Waals surface area (Å²) in [6.07, 6.45) is 0. The molecule has 154 valence electrons. The molecule has 2 amide bonds. The number of carbonyl (C=O) groups excluding carboxylic acids is 2. The third-order valence-electron chi connectivity index (χ3n) is 5.30. The quantitative estimate of drug-likeness (QED) is 0.723. The van der Waals surface area contributed by atoms with Gasteiger partial charge in [-0.3, -0.25) is 19.5 Å². The number of aryl methyl sites for hydroxylation is 1. The Morgan fingerprint density at radius 1 is 1.03 bits per heavy atom. The topological polar surface area (TPSA) is 65.5 Å². The normalized spacial score (nSPS) is 14.7. The van der Waals surface area contributed by atoms with Crippen LogP contribution in [0.1, 0.15) is 16.1 Å². The van der Waals surface area contributed by atoms with E-state index in [2.05, 4.69) is 10.3 Å². The number of pyridine rings is 1. The van der Waals surface area contributed by atoms with Crippen molar-refractivity contribution in [2.75, 3.05) is 38.0 Å². The molecule has 2 heterocycles. The van der Waals surface area contributed by atoms with Gasteiger partial charge in [0.15, 0.2) is 0 Å². The van der Waals surface area contributed by atoms with Crippen LogP contribution in [-0.2, 0) is 4.79 Å². The Bertz CT molecular complexity index is 1080. The molecule has 0 radical (unpaired) electrons. The van der Waals surface area contributed by atoms with E-state index in [0.29, 0.717) is 37.4 Å². The number of amides is 2. The summed E-state index contributed by atoms with van der Waals surface area (Å²) >= 11 is 0. The number of aromatic nitrogens is 1. The van der Waals surface area contributed by atoms with Crippen LogP contribution in [0.3, 0.4) is 0 Å². The Hall–Kier alpha value is -3.32. The van der Waals surface area contributed by atoms with Crippen molar-refractivity contribution in [3.63, 3.8) is 0 Å². The fraction of sp³-hybridized carbons (Fsp3) is 0.261. The smallest absolute Gasteiger partial charge is 0.255 e. The Balaban J connectivity index is 1.34. The number of nitrogens with zero attached hydrogens (tertiary/aromatic N) is 3. The summed E-state index contributed by atoms with van der Waals surface area (Å²) in [6.45, 7) is 4.42. The van der Waals surface area contributed by atoms with Crippen LogP contribution in [0.2, 0.25) is 0 Å². The third-order valence-corrected chi connectivity index (χ3v) is 5.30. The summed E-state index contributed by atoms with van der Waals surface area (Å²) in [7, 11) is 0. The molecular formula is C23H23FN4O2. The van der Waals surface area contributed by atoms with Crippen LogP contribution in [0.4, 0.5) is 10.1 Å². The third kappa shape index (κ3) is 4.46. The lowest BCUT2D eigenvalue weighted by molar-refractivity contribution is -0.117. The number of hydrogen-bond donors (Lipinski definition) is 1. The first kappa shape index (κ1) is 20.0. The van der Waals surface area contributed by atoms with Crippen molar-refractivity contribution in [3.8, 4) is 0 Å². The van der Waals surface area contributed by atoms with Gasteiger partial charge in [0.2, 0.25) is 5.91 Å². The molecule has 1 aromatic heterocycles. The molecule has 0 atom stereocenters. The molecule has 0 unspecified atom stereocenters. The van der Waals surface area contributed by atoms with Gasteiger partial charge in [-0.05, 0) is 43.3 Å². The maximum Gasteiger partial charge on any atom is 0.255 e. The van der Waals surface area contributed by atoms with E-state index >= 15 is 0 Å². The molecule has 1 aliphatic heterocycles. The Morgan fingerprint density at radius 3 is 2.47 bits per heavy atom. The number of rotatable bonds is 4. The van der Waals surface area contributed by atoms with Crippen LogP contribution in [0.5, 0.6) is 0 Å². The minimum Gasteiger partial charge on any atom is -0.336 e. The number of benzene rings is 2. The second-order valence-electron chi connectivity index (χ2n) is 7.44. The first-order valence-electron chi connectivity index (χ1n) is 9.93. The van der Waals surface area contributed by atoms with Gasteiger partial charge < -0.3 is 10.2 Å². The van der Waals surface area contributed by atoms with E-state index in [1.165, 1.54) is 24.3 Å². The van der Waals surface area contributed by atoms with Gasteiger partial charge in [-0.1, -0.05) is 18.2 Å². The van der Waals surface area contributed by atoms with Crippen molar-refractivity contribution >= 4 is 28.4 Å². The Morgan fingerprint density at radius 2 is 1.73 bits per heavy atom. The van der Waals surface area contributed by atoms with Crippen molar-refractivity contribution in [1.82, 2.24) is 14.8 Å². The highest BCUT2D eigenvalue weighted by molar-refractivity contribution is 5.98. The molecule has 4 rings (SSSR count). The number of hydrogen-bond acceptors (Lipinski definition) is 4. The maximum atomic E-state index is 13.0. The van der Waals surface area contributed by atoms with Crippen LogP contribution < -0.4 is 5.32 Å². The zero-order valence-electron chi connectivity index (χ0n) is 16.8. The zero-order valence-corrected chi connectivity index (χ0v) is 16.8. The Kier molecular flexibility index (Phi) is 5.72. The molecule has 1 aliphatic rings. The van der Waals surface area contributed by atoms with Crippen molar-refractivity contribution < 1.29 is 14.0 Å². The van der Waals surface area contributed by atoms with E-state index in [-0.39, 0.29) is 24.2 Å². The highest BCUT2D eigenvalue weighted by atomic mass is 19.1. The molecule has 30 heavy (non-hydrogen) atoms. The van der Waals surface area contributed by atoms with Crippen LogP contribution in [0, 0.1) is 12.7 Å². The maximum absolute atomic E-state index is 13.0. The number of halogens is 1. The average molecular weight is 406 g/mol. The molecule has 1 N–H and O–H groups in total. The van der Waals surface area contributed by atoms with Crippen molar-refractivity contribution in [2.24, 2.45) is 0 Å². The molecule has 0 saturated carbocycles. The number of piperazine rings is 1. The van der Waals surface area contributed by atoms with Gasteiger partial charge in [-0.2, -0.15) is 0 Å². The summed E-state index contributed by atoms with van der Waals surface area (Å²) in [6, 6.07) is 15.3. The molecule has 6 nitrogen and oxygen atoms in total. The zero-order chi connectivity index (χ0) is 21.1. The molecule has 2 aromatic carbocycles. The van der Waals surface area contributed by atoms with Crippen molar-refractivity contribution in [3.05, 3.63) is 71.7 Å². The number of para-hydroxylation sites is 1. The molecule has 0 spiro atoms. The largest absolute Gasteiger partial charge is 0.336 e. The predicted octanol–water partition coefficient (Wildman–Crippen LogP) is 3.08. The van der Waals surface area contributed by atoms with E-state index < -0.39 is 0 Å². The van der Waals surface area contributed by atoms with Gasteiger partial charge in [0, 0.05) is 37.3 Å². The van der Waals surface area contributed by atoms with E-state index in [4.69, 9.17) is 0 Å². The van der Waals surface area contributed by atoms with Gasteiger partial charge >= 0.3 is 0 Å². The fourth-order valence-corrected chi connectivity index (χ4v) is 3.64. The summed E-state index contributed by atoms with van der Waals surface area (Å²) < 4.78 is 13.0. The van der Waals surface area contributed by atoms with E-state index in [9.17, 15) is 14.0 Å². The lowest BCUT2D eigenvalue weighted by atomic mass is 10.1. The van der Waals surface area contributed by atoms with Crippen molar-refractivity contribution in [1.29, 1.82) is 0 Å². The molecular weight excluding hydrogens is 383 g/mol. The minimum absolute atomic E-state index is 0.0267. The van der Waals surface area contributed by atoms with Crippen LogP contribution >= 0.6 is 0 Å². The van der Waals surface area contributed by atoms with E-state index in [0.717, 1.165) is 16.6 Å². The minimum atomic E-state index is -0.342. The molecule has 7 heteroatoms. The van der Waals surface area contributed by atoms with Crippen LogP contribution in [-0.4, -0.2) is 59.3 Å². The van der Waals surface area contributed by atoms with Gasteiger partial charge in [0.1, 0.15) is 5.82 Å². The monoisotopic (exact) mass is 406 g/mol. The summed E-state index contributed by atoms with van der Waals surface area (Å²) in [4.78, 5) is 33.6. The van der Waals surface area contributed by atoms with E-state index in [1.807, 2.05) is 47.1 Å². The van der Waals surface area contributed by atoms with Gasteiger partial charge in [0.05, 0.1) is 23.3 Å². The molecule has 1 saturated heterocycles. The number of anilines is 1. The highest BCUT2D eigenvalue weighted by Crippen LogP contribution is 2.18. The number of nitrogens with one attached hydrogen (secondary N) is 1. The molecule has 0 aliphatic carbocycles. The molecule has 0 bridgehead atoms. The standard InChI is InChI=1S/C23H23FN4O2/c1-16-20(14-17-4-2-3-5-21(17)25-16)23(30)28-12-10-27(11-13-28)15-22(29)26-19-8-6-18(24)7-9-19/h2-9,14H,10-13,15H2,1H3,(H,26,29). The van der Waals surface area contributed by atoms with Gasteiger partial charge in [-0.15, -0.1) is 0 Å². The highest BCUT2D eigenvalue weighted by Gasteiger charge is 2.24. The molecule has 3 aromatic rings. The second-order valence-corrected chi connectivity index (χ2v) is 7.44. The summed E-state index contributed by atoms with van der Waals surface area (Å²) in [5, 5.41) is 3.71. The number of carbonyl (C=O) groups is 2. The molecule has 1 fully saturated rings. The lowest BCUT2D eigenvalue weighted by Gasteiger charge is -2.34. The fourth-order valence-electron chi connectivity index (χ4n) is 3.64. The predicted molar refractivity (Wildman–Crippen MR) is 114 cm³/mol. The van der Waals surface area contributed by atoms with Crippen LogP contribution in [0.15, 0.2) is 54.6 Å². The Labute approximate surface area is 174 Å². The second kappa shape index (κ2) is 8.59. The lowest BCUT2D eigenvalue weighted by Crippen LogP contribution is -2.50. The first-order chi connectivity index (χ1) is 14.5. The SMILES string of the molecule is Cc1nc2ccccc2cc1C(=O)N1CCN(CC(=O)Nc2ccc(F)cc2)CC1. The van der Waals surface area contributed by atoms with Gasteiger partial charge in [-0.25, -0.2) is 4.39 Å². The summed E-state index contributed by atoms with van der Waals surface area (Å²) in [5.74, 6) is -0.525. The van der Waals surface area contributed by atoms with Gasteiger partial charge in [0.25, 0.3) is 5.91 Å². The number of fused-ring (bicyclic) bond motifs is 1.